The lowest BCUT2D eigenvalue weighted by molar-refractivity contribution is -0.148. The van der Waals surface area contributed by atoms with Crippen LogP contribution in [0, 0.1) is 0 Å². The fourth-order valence-electron chi connectivity index (χ4n) is 3.57. The molecule has 2 rings (SSSR count). The van der Waals surface area contributed by atoms with Crippen molar-refractivity contribution in [3.05, 3.63) is 60.7 Å². The SMILES string of the molecule is C=CCC(CCCCCCCCC)OC(=O)Cc1cccc2ccccc12. The van der Waals surface area contributed by atoms with Gasteiger partial charge in [-0.3, -0.25) is 4.79 Å². The van der Waals surface area contributed by atoms with Crippen LogP contribution >= 0.6 is 0 Å². The summed E-state index contributed by atoms with van der Waals surface area (Å²) >= 11 is 0. The number of fused-ring (bicyclic) bond motifs is 1. The molecule has 0 amide bonds. The number of carbonyl (C=O) groups excluding carboxylic acids is 1. The largest absolute Gasteiger partial charge is 0.462 e. The predicted octanol–water partition coefficient (Wildman–Crippen LogP) is 7.01. The molecule has 27 heavy (non-hydrogen) atoms. The van der Waals surface area contributed by atoms with Crippen molar-refractivity contribution < 1.29 is 9.53 Å². The molecule has 0 heterocycles. The minimum atomic E-state index is -0.138. The maximum atomic E-state index is 12.5. The Morgan fingerprint density at radius 2 is 1.70 bits per heavy atom. The van der Waals surface area contributed by atoms with Gasteiger partial charge in [-0.25, -0.2) is 0 Å². The van der Waals surface area contributed by atoms with Crippen LogP contribution in [0.3, 0.4) is 0 Å². The molecule has 1 unspecified atom stereocenters. The second-order valence-corrected chi connectivity index (χ2v) is 7.36. The number of carbonyl (C=O) groups is 1. The number of rotatable bonds is 13. The second-order valence-electron chi connectivity index (χ2n) is 7.36. The van der Waals surface area contributed by atoms with E-state index in [1.165, 1.54) is 38.5 Å². The van der Waals surface area contributed by atoms with Crippen LogP contribution in [0.2, 0.25) is 0 Å². The van der Waals surface area contributed by atoms with Crippen LogP contribution < -0.4 is 0 Å². The van der Waals surface area contributed by atoms with Gasteiger partial charge in [-0.1, -0.05) is 94.0 Å². The summed E-state index contributed by atoms with van der Waals surface area (Å²) in [4.78, 5) is 12.5. The van der Waals surface area contributed by atoms with E-state index in [1.807, 2.05) is 30.3 Å². The smallest absolute Gasteiger partial charge is 0.310 e. The summed E-state index contributed by atoms with van der Waals surface area (Å²) in [7, 11) is 0. The number of benzene rings is 2. The van der Waals surface area contributed by atoms with Crippen molar-refractivity contribution in [2.75, 3.05) is 0 Å². The number of hydrogen-bond donors (Lipinski definition) is 0. The third kappa shape index (κ3) is 7.58. The van der Waals surface area contributed by atoms with Gasteiger partial charge < -0.3 is 4.74 Å². The molecule has 146 valence electrons. The highest BCUT2D eigenvalue weighted by atomic mass is 16.5. The summed E-state index contributed by atoms with van der Waals surface area (Å²) in [5.74, 6) is -0.138. The Morgan fingerprint density at radius 3 is 2.48 bits per heavy atom. The molecule has 2 aromatic carbocycles. The van der Waals surface area contributed by atoms with Crippen LogP contribution in [0.15, 0.2) is 55.1 Å². The molecule has 2 aromatic rings. The van der Waals surface area contributed by atoms with Crippen LogP contribution in [-0.4, -0.2) is 12.1 Å². The lowest BCUT2D eigenvalue weighted by Crippen LogP contribution is -2.19. The fourth-order valence-corrected chi connectivity index (χ4v) is 3.57. The number of ether oxygens (including phenoxy) is 1. The van der Waals surface area contributed by atoms with Crippen molar-refractivity contribution in [3.8, 4) is 0 Å². The van der Waals surface area contributed by atoms with Gasteiger partial charge in [0.05, 0.1) is 6.42 Å². The van der Waals surface area contributed by atoms with E-state index in [2.05, 4.69) is 31.7 Å². The summed E-state index contributed by atoms with van der Waals surface area (Å²) in [5.41, 5.74) is 1.03. The number of hydrogen-bond acceptors (Lipinski definition) is 2. The lowest BCUT2D eigenvalue weighted by Gasteiger charge is -2.17. The molecule has 0 saturated carbocycles. The van der Waals surface area contributed by atoms with Crippen molar-refractivity contribution in [1.82, 2.24) is 0 Å². The number of esters is 1. The molecule has 0 aliphatic rings. The summed E-state index contributed by atoms with van der Waals surface area (Å²) in [5, 5.41) is 2.29. The molecule has 0 aliphatic carbocycles. The van der Waals surface area contributed by atoms with Gasteiger partial charge in [-0.2, -0.15) is 0 Å². The summed E-state index contributed by atoms with van der Waals surface area (Å²) < 4.78 is 5.78. The zero-order valence-electron chi connectivity index (χ0n) is 16.8. The highest BCUT2D eigenvalue weighted by Crippen LogP contribution is 2.20. The molecule has 0 N–H and O–H groups in total. The fraction of sp³-hybridized carbons (Fsp3) is 0.480. The van der Waals surface area contributed by atoms with Gasteiger partial charge in [0.15, 0.2) is 0 Å². The Morgan fingerprint density at radius 1 is 1.00 bits per heavy atom. The van der Waals surface area contributed by atoms with Crippen molar-refractivity contribution in [3.63, 3.8) is 0 Å². The third-order valence-electron chi connectivity index (χ3n) is 5.07. The second kappa shape index (κ2) is 12.3. The molecule has 0 aromatic heterocycles. The van der Waals surface area contributed by atoms with Crippen molar-refractivity contribution in [2.24, 2.45) is 0 Å². The average molecular weight is 367 g/mol. The van der Waals surface area contributed by atoms with Gasteiger partial charge >= 0.3 is 5.97 Å². The molecule has 0 fully saturated rings. The van der Waals surface area contributed by atoms with Crippen molar-refractivity contribution >= 4 is 16.7 Å². The topological polar surface area (TPSA) is 26.3 Å². The maximum Gasteiger partial charge on any atom is 0.310 e. The number of unbranched alkanes of at least 4 members (excludes halogenated alkanes) is 6. The van der Waals surface area contributed by atoms with Gasteiger partial charge in [0, 0.05) is 6.42 Å². The van der Waals surface area contributed by atoms with E-state index in [-0.39, 0.29) is 12.1 Å². The Hall–Kier alpha value is -2.09. The molecule has 1 atom stereocenters. The van der Waals surface area contributed by atoms with E-state index in [0.29, 0.717) is 6.42 Å². The first-order valence-electron chi connectivity index (χ1n) is 10.5. The maximum absolute atomic E-state index is 12.5. The van der Waals surface area contributed by atoms with E-state index in [1.54, 1.807) is 0 Å². The lowest BCUT2D eigenvalue weighted by atomic mass is 10.0. The molecule has 0 aliphatic heterocycles. The molecule has 0 bridgehead atoms. The first-order chi connectivity index (χ1) is 13.2. The summed E-state index contributed by atoms with van der Waals surface area (Å²) in [6.07, 6.45) is 12.7. The van der Waals surface area contributed by atoms with Crippen molar-refractivity contribution in [1.29, 1.82) is 0 Å². The van der Waals surface area contributed by atoms with Crippen molar-refractivity contribution in [2.45, 2.75) is 77.2 Å². The first-order valence-corrected chi connectivity index (χ1v) is 10.5. The van der Waals surface area contributed by atoms with Crippen LogP contribution in [0.5, 0.6) is 0 Å². The minimum Gasteiger partial charge on any atom is -0.462 e. The standard InChI is InChI=1S/C25H34O2/c1-3-5-6-7-8-9-10-18-23(14-4-2)27-25(26)20-22-17-13-16-21-15-11-12-19-24(21)22/h4,11-13,15-17,19,23H,2-3,5-10,14,18,20H2,1H3. The summed E-state index contributed by atoms with van der Waals surface area (Å²) in [6.45, 7) is 6.06. The third-order valence-corrected chi connectivity index (χ3v) is 5.07. The van der Waals surface area contributed by atoms with Crippen LogP contribution in [0.25, 0.3) is 10.8 Å². The molecular formula is C25H34O2. The Balaban J connectivity index is 1.80. The van der Waals surface area contributed by atoms with Gasteiger partial charge in [-0.15, -0.1) is 6.58 Å². The van der Waals surface area contributed by atoms with Gasteiger partial charge in [-0.05, 0) is 29.2 Å². The van der Waals surface area contributed by atoms with E-state index in [0.717, 1.165) is 35.6 Å². The van der Waals surface area contributed by atoms with Crippen LogP contribution in [0.1, 0.15) is 70.3 Å². The van der Waals surface area contributed by atoms with Gasteiger partial charge in [0.2, 0.25) is 0 Å². The monoisotopic (exact) mass is 366 g/mol. The highest BCUT2D eigenvalue weighted by molar-refractivity contribution is 5.89. The zero-order chi connectivity index (χ0) is 19.3. The van der Waals surface area contributed by atoms with Crippen LogP contribution in [-0.2, 0) is 16.0 Å². The first kappa shape index (κ1) is 21.2. The van der Waals surface area contributed by atoms with Crippen LogP contribution in [0.4, 0.5) is 0 Å². The molecule has 2 heteroatoms. The Kier molecular flexibility index (Phi) is 9.68. The molecule has 0 radical (unpaired) electrons. The van der Waals surface area contributed by atoms with E-state index < -0.39 is 0 Å². The predicted molar refractivity (Wildman–Crippen MR) is 115 cm³/mol. The zero-order valence-corrected chi connectivity index (χ0v) is 16.8. The van der Waals surface area contributed by atoms with E-state index in [9.17, 15) is 4.79 Å². The van der Waals surface area contributed by atoms with E-state index >= 15 is 0 Å². The van der Waals surface area contributed by atoms with Gasteiger partial charge in [0.25, 0.3) is 0 Å². The quantitative estimate of drug-likeness (QED) is 0.216. The van der Waals surface area contributed by atoms with E-state index in [4.69, 9.17) is 4.74 Å². The minimum absolute atomic E-state index is 0.0411. The highest BCUT2D eigenvalue weighted by Gasteiger charge is 2.14. The Bertz CT molecular complexity index is 699. The Labute approximate surface area is 164 Å². The summed E-state index contributed by atoms with van der Waals surface area (Å²) in [6, 6.07) is 14.3. The normalized spacial score (nSPS) is 12.0. The average Bonchev–Trinajstić information content (AvgIpc) is 2.67. The molecule has 0 saturated heterocycles. The van der Waals surface area contributed by atoms with Gasteiger partial charge in [0.1, 0.15) is 6.10 Å². The molecule has 0 spiro atoms. The molecular weight excluding hydrogens is 332 g/mol. The molecule has 2 nitrogen and oxygen atoms in total.